The van der Waals surface area contributed by atoms with Crippen LogP contribution >= 0.6 is 11.3 Å². The quantitative estimate of drug-likeness (QED) is 0.138. The van der Waals surface area contributed by atoms with E-state index in [0.717, 1.165) is 29.8 Å². The molecule has 7 unspecified atom stereocenters. The maximum atomic E-state index is 7.29. The summed E-state index contributed by atoms with van der Waals surface area (Å²) in [5, 5.41) is 11.1. The van der Waals surface area contributed by atoms with Gasteiger partial charge in [0, 0.05) is 12.3 Å². The lowest BCUT2D eigenvalue weighted by Gasteiger charge is -2.48. The zero-order valence-electron chi connectivity index (χ0n) is 30.7. The standard InChI is InChI=1S/C44H58N2O4S/c1-33-42(48-30-37-21-12-7-13-22-37)40(32-47-29-36-19-10-6-11-20-36)50-44(43(33)49-31-38-23-14-8-15-24-38)39-26-16-5-3-4-9-18-35(25-17-27-39)28-41-46-45-34(2)51-41/h6-8,10-15,19-24,33,35,39-40,42-44H,3-5,9,16-18,25-32H2,1-2H3. The number of hydrogen-bond donors (Lipinski definition) is 0. The van der Waals surface area contributed by atoms with Crippen molar-refractivity contribution in [3.05, 3.63) is 118 Å². The maximum absolute atomic E-state index is 7.29. The van der Waals surface area contributed by atoms with Gasteiger partial charge < -0.3 is 18.9 Å². The van der Waals surface area contributed by atoms with E-state index in [0.29, 0.717) is 38.3 Å². The average molecular weight is 711 g/mol. The molecule has 51 heavy (non-hydrogen) atoms. The Bertz CT molecular complexity index is 1520. The fourth-order valence-corrected chi connectivity index (χ4v) is 8.95. The largest absolute Gasteiger partial charge is 0.374 e. The zero-order chi connectivity index (χ0) is 35.1. The van der Waals surface area contributed by atoms with Crippen molar-refractivity contribution >= 4 is 11.3 Å². The Labute approximate surface area is 310 Å². The Balaban J connectivity index is 1.22. The van der Waals surface area contributed by atoms with Crippen LogP contribution < -0.4 is 0 Å². The minimum absolute atomic E-state index is 0.0298. The van der Waals surface area contributed by atoms with Crippen molar-refractivity contribution in [2.24, 2.45) is 17.8 Å². The highest BCUT2D eigenvalue weighted by Crippen LogP contribution is 2.39. The Morgan fingerprint density at radius 2 is 1.20 bits per heavy atom. The molecule has 1 aliphatic heterocycles. The van der Waals surface area contributed by atoms with Crippen LogP contribution in [0.25, 0.3) is 0 Å². The van der Waals surface area contributed by atoms with Crippen molar-refractivity contribution in [1.82, 2.24) is 10.2 Å². The van der Waals surface area contributed by atoms with Gasteiger partial charge in [-0.05, 0) is 48.3 Å². The van der Waals surface area contributed by atoms with Crippen LogP contribution in [-0.2, 0) is 45.2 Å². The first kappa shape index (κ1) is 37.8. The molecule has 7 atom stereocenters. The fraction of sp³-hybridized carbons (Fsp3) is 0.545. The van der Waals surface area contributed by atoms with Gasteiger partial charge in [-0.15, -0.1) is 21.5 Å². The summed E-state index contributed by atoms with van der Waals surface area (Å²) in [6.07, 6.45) is 13.0. The number of rotatable bonds is 13. The van der Waals surface area contributed by atoms with E-state index in [-0.39, 0.29) is 30.3 Å². The molecule has 2 aliphatic rings. The lowest BCUT2D eigenvalue weighted by molar-refractivity contribution is -0.252. The van der Waals surface area contributed by atoms with Crippen molar-refractivity contribution in [3.63, 3.8) is 0 Å². The summed E-state index contributed by atoms with van der Waals surface area (Å²) in [6, 6.07) is 31.4. The third kappa shape index (κ3) is 11.8. The molecule has 0 N–H and O–H groups in total. The third-order valence-electron chi connectivity index (χ3n) is 10.9. The van der Waals surface area contributed by atoms with Crippen LogP contribution in [0.3, 0.4) is 0 Å². The third-order valence-corrected chi connectivity index (χ3v) is 11.8. The lowest BCUT2D eigenvalue weighted by Crippen LogP contribution is -2.58. The van der Waals surface area contributed by atoms with Gasteiger partial charge in [-0.25, -0.2) is 0 Å². The summed E-state index contributed by atoms with van der Waals surface area (Å²) in [7, 11) is 0. The van der Waals surface area contributed by atoms with Crippen molar-refractivity contribution in [2.45, 2.75) is 129 Å². The summed E-state index contributed by atoms with van der Waals surface area (Å²) in [4.78, 5) is 0. The first-order valence-electron chi connectivity index (χ1n) is 19.5. The normalized spacial score (nSPS) is 26.6. The van der Waals surface area contributed by atoms with Crippen LogP contribution in [0.1, 0.15) is 97.8 Å². The summed E-state index contributed by atoms with van der Waals surface area (Å²) < 4.78 is 27.5. The van der Waals surface area contributed by atoms with Gasteiger partial charge in [-0.1, -0.05) is 149 Å². The van der Waals surface area contributed by atoms with E-state index in [1.165, 1.54) is 67.5 Å². The van der Waals surface area contributed by atoms with Crippen molar-refractivity contribution in [2.75, 3.05) is 6.61 Å². The predicted molar refractivity (Wildman–Crippen MR) is 205 cm³/mol. The van der Waals surface area contributed by atoms with Gasteiger partial charge in [0.1, 0.15) is 16.1 Å². The van der Waals surface area contributed by atoms with Gasteiger partial charge in [0.15, 0.2) is 0 Å². The van der Waals surface area contributed by atoms with Gasteiger partial charge in [-0.2, -0.15) is 0 Å². The van der Waals surface area contributed by atoms with E-state index in [4.69, 9.17) is 18.9 Å². The van der Waals surface area contributed by atoms with E-state index in [2.05, 4.69) is 109 Å². The molecule has 274 valence electrons. The van der Waals surface area contributed by atoms with Crippen molar-refractivity contribution in [3.8, 4) is 0 Å². The first-order chi connectivity index (χ1) is 25.1. The number of nitrogens with zero attached hydrogens (tertiary/aromatic N) is 2. The monoisotopic (exact) mass is 710 g/mol. The predicted octanol–water partition coefficient (Wildman–Crippen LogP) is 10.3. The minimum atomic E-state index is -0.191. The van der Waals surface area contributed by atoms with Gasteiger partial charge in [-0.3, -0.25) is 0 Å². The topological polar surface area (TPSA) is 62.7 Å². The Morgan fingerprint density at radius 1 is 0.647 bits per heavy atom. The van der Waals surface area contributed by atoms with E-state index in [1.54, 1.807) is 11.3 Å². The highest BCUT2D eigenvalue weighted by atomic mass is 32.1. The summed E-state index contributed by atoms with van der Waals surface area (Å²) >= 11 is 1.76. The number of ether oxygens (including phenoxy) is 4. The SMILES string of the molecule is Cc1nnc(CC2CCCCCCCC(C3OC(COCc4ccccc4)C(OCc4ccccc4)C(C)C3OCc3ccccc3)CCC2)s1. The number of hydrogen-bond acceptors (Lipinski definition) is 7. The molecule has 3 aromatic carbocycles. The molecule has 7 heteroatoms. The van der Waals surface area contributed by atoms with Gasteiger partial charge in [0.05, 0.1) is 44.7 Å². The number of benzene rings is 3. The molecule has 2 heterocycles. The molecule has 0 radical (unpaired) electrons. The second-order valence-corrected chi connectivity index (χ2v) is 16.1. The first-order valence-corrected chi connectivity index (χ1v) is 20.3. The highest BCUT2D eigenvalue weighted by Gasteiger charge is 2.47. The molecular formula is C44H58N2O4S. The summed E-state index contributed by atoms with van der Waals surface area (Å²) in [6.45, 7) is 6.51. The molecule has 0 amide bonds. The second kappa shape index (κ2) is 20.3. The fourth-order valence-electron chi connectivity index (χ4n) is 8.13. The average Bonchev–Trinajstić information content (AvgIpc) is 3.57. The molecule has 4 aromatic rings. The second-order valence-electron chi connectivity index (χ2n) is 14.8. The Hall–Kier alpha value is -2.94. The maximum Gasteiger partial charge on any atom is 0.117 e. The van der Waals surface area contributed by atoms with Crippen LogP contribution in [0, 0.1) is 24.7 Å². The zero-order valence-corrected chi connectivity index (χ0v) is 31.6. The van der Waals surface area contributed by atoms with Crippen LogP contribution in [0.4, 0.5) is 0 Å². The molecule has 2 fully saturated rings. The lowest BCUT2D eigenvalue weighted by atomic mass is 9.78. The molecule has 0 bridgehead atoms. The molecular weight excluding hydrogens is 653 g/mol. The highest BCUT2D eigenvalue weighted by molar-refractivity contribution is 7.11. The molecule has 1 aliphatic carbocycles. The molecule has 1 saturated heterocycles. The Morgan fingerprint density at radius 3 is 1.82 bits per heavy atom. The van der Waals surface area contributed by atoms with Crippen LogP contribution in [-0.4, -0.2) is 41.2 Å². The van der Waals surface area contributed by atoms with Crippen LogP contribution in [0.2, 0.25) is 0 Å². The smallest absolute Gasteiger partial charge is 0.117 e. The van der Waals surface area contributed by atoms with Crippen LogP contribution in [0.15, 0.2) is 91.0 Å². The van der Waals surface area contributed by atoms with Crippen LogP contribution in [0.5, 0.6) is 0 Å². The molecule has 1 saturated carbocycles. The molecule has 6 nitrogen and oxygen atoms in total. The van der Waals surface area contributed by atoms with Gasteiger partial charge >= 0.3 is 0 Å². The van der Waals surface area contributed by atoms with Crippen molar-refractivity contribution < 1.29 is 18.9 Å². The van der Waals surface area contributed by atoms with Gasteiger partial charge in [0.25, 0.3) is 0 Å². The van der Waals surface area contributed by atoms with Crippen molar-refractivity contribution in [1.29, 1.82) is 0 Å². The Kier molecular flexibility index (Phi) is 15.1. The number of aryl methyl sites for hydroxylation is 1. The van der Waals surface area contributed by atoms with Gasteiger partial charge in [0.2, 0.25) is 0 Å². The summed E-state index contributed by atoms with van der Waals surface area (Å²) in [5.74, 6) is 1.18. The minimum Gasteiger partial charge on any atom is -0.374 e. The van der Waals surface area contributed by atoms with E-state index >= 15 is 0 Å². The van der Waals surface area contributed by atoms with E-state index in [9.17, 15) is 0 Å². The van der Waals surface area contributed by atoms with E-state index < -0.39 is 0 Å². The molecule has 6 rings (SSSR count). The number of aromatic nitrogens is 2. The molecule has 1 aromatic heterocycles. The van der Waals surface area contributed by atoms with E-state index in [1.807, 2.05) is 6.07 Å². The molecule has 0 spiro atoms. The summed E-state index contributed by atoms with van der Waals surface area (Å²) in [5.41, 5.74) is 3.52.